The van der Waals surface area contributed by atoms with Gasteiger partial charge in [0.25, 0.3) is 11.7 Å². The van der Waals surface area contributed by atoms with Crippen LogP contribution in [-0.2, 0) is 16.0 Å². The number of hydrogen-bond acceptors (Lipinski definition) is 2. The van der Waals surface area contributed by atoms with Crippen molar-refractivity contribution >= 4 is 23.0 Å². The van der Waals surface area contributed by atoms with Crippen LogP contribution in [0.4, 0.5) is 5.69 Å². The van der Waals surface area contributed by atoms with Gasteiger partial charge in [-0.2, -0.15) is 0 Å². The molecule has 2 aromatic rings. The number of Topliss-reactive ketones (excluding diaryl/α,β-unsaturated/α-hetero) is 1. The lowest BCUT2D eigenvalue weighted by Crippen LogP contribution is -2.23. The predicted molar refractivity (Wildman–Crippen MR) is 82.9 cm³/mol. The third-order valence-corrected chi connectivity index (χ3v) is 3.59. The fourth-order valence-electron chi connectivity index (χ4n) is 2.45. The highest BCUT2D eigenvalue weighted by Gasteiger charge is 2.25. The first-order valence-electron chi connectivity index (χ1n) is 6.86. The van der Waals surface area contributed by atoms with E-state index in [4.69, 9.17) is 0 Å². The van der Waals surface area contributed by atoms with Crippen molar-refractivity contribution in [1.29, 1.82) is 0 Å². The highest BCUT2D eigenvalue weighted by Crippen LogP contribution is 2.28. The summed E-state index contributed by atoms with van der Waals surface area (Å²) in [5.74, 6) is -1.08. The van der Waals surface area contributed by atoms with Crippen molar-refractivity contribution in [3.63, 3.8) is 0 Å². The Labute approximate surface area is 123 Å². The van der Waals surface area contributed by atoms with E-state index in [0.29, 0.717) is 17.7 Å². The van der Waals surface area contributed by atoms with Crippen molar-refractivity contribution in [2.45, 2.75) is 13.3 Å². The van der Waals surface area contributed by atoms with Crippen molar-refractivity contribution in [3.8, 4) is 0 Å². The second-order valence-electron chi connectivity index (χ2n) is 5.13. The van der Waals surface area contributed by atoms with Crippen LogP contribution in [0.25, 0.3) is 5.57 Å². The van der Waals surface area contributed by atoms with Crippen molar-refractivity contribution in [2.24, 2.45) is 0 Å². The Morgan fingerprint density at radius 2 is 1.71 bits per heavy atom. The molecule has 3 nitrogen and oxygen atoms in total. The summed E-state index contributed by atoms with van der Waals surface area (Å²) in [6, 6.07) is 15.0. The van der Waals surface area contributed by atoms with Gasteiger partial charge >= 0.3 is 0 Å². The minimum Gasteiger partial charge on any atom is -0.319 e. The Kier molecular flexibility index (Phi) is 3.40. The standard InChI is InChI=1S/C18H15NO2/c1-12-6-9-14(10-7-12)19-18(21)17(20)16-11-8-13-4-2-3-5-15(13)16/h2-7,9-11H,8H2,1H3,(H,19,21). The molecule has 1 aliphatic carbocycles. The zero-order valence-electron chi connectivity index (χ0n) is 11.7. The molecule has 2 aromatic carbocycles. The number of ketones is 1. The molecule has 0 bridgehead atoms. The van der Waals surface area contributed by atoms with Crippen LogP contribution >= 0.6 is 0 Å². The second-order valence-corrected chi connectivity index (χ2v) is 5.13. The molecule has 0 fully saturated rings. The number of benzene rings is 2. The molecule has 0 radical (unpaired) electrons. The summed E-state index contributed by atoms with van der Waals surface area (Å²) < 4.78 is 0. The van der Waals surface area contributed by atoms with Crippen molar-refractivity contribution in [1.82, 2.24) is 0 Å². The first kappa shape index (κ1) is 13.3. The molecule has 1 amide bonds. The van der Waals surface area contributed by atoms with E-state index >= 15 is 0 Å². The summed E-state index contributed by atoms with van der Waals surface area (Å²) in [5, 5.41) is 2.65. The number of anilines is 1. The maximum absolute atomic E-state index is 12.3. The van der Waals surface area contributed by atoms with Crippen molar-refractivity contribution in [3.05, 3.63) is 71.3 Å². The molecule has 0 aromatic heterocycles. The van der Waals surface area contributed by atoms with Crippen LogP contribution in [0.2, 0.25) is 0 Å². The zero-order valence-corrected chi connectivity index (χ0v) is 11.7. The maximum Gasteiger partial charge on any atom is 0.296 e. The number of carbonyl (C=O) groups is 2. The summed E-state index contributed by atoms with van der Waals surface area (Å²) in [6.07, 6.45) is 2.52. The largest absolute Gasteiger partial charge is 0.319 e. The van der Waals surface area contributed by atoms with Crippen LogP contribution in [0.5, 0.6) is 0 Å². The zero-order chi connectivity index (χ0) is 14.8. The SMILES string of the molecule is Cc1ccc(NC(=O)C(=O)C2=CCc3ccccc32)cc1. The van der Waals surface area contributed by atoms with Gasteiger partial charge in [-0.25, -0.2) is 0 Å². The number of nitrogens with one attached hydrogen (secondary N) is 1. The normalized spacial score (nSPS) is 12.5. The number of allylic oxidation sites excluding steroid dienone is 1. The van der Waals surface area contributed by atoms with Crippen LogP contribution in [0.3, 0.4) is 0 Å². The second kappa shape index (κ2) is 5.37. The van der Waals surface area contributed by atoms with Gasteiger partial charge in [0.1, 0.15) is 0 Å². The Hall–Kier alpha value is -2.68. The fourth-order valence-corrected chi connectivity index (χ4v) is 2.45. The van der Waals surface area contributed by atoms with Crippen LogP contribution < -0.4 is 5.32 Å². The van der Waals surface area contributed by atoms with E-state index in [1.54, 1.807) is 12.1 Å². The van der Waals surface area contributed by atoms with Gasteiger partial charge in [0, 0.05) is 11.3 Å². The van der Waals surface area contributed by atoms with Crippen molar-refractivity contribution < 1.29 is 9.59 Å². The summed E-state index contributed by atoms with van der Waals surface area (Å²) >= 11 is 0. The van der Waals surface area contributed by atoms with E-state index in [9.17, 15) is 9.59 Å². The number of carbonyl (C=O) groups excluding carboxylic acids is 2. The molecule has 0 saturated heterocycles. The quantitative estimate of drug-likeness (QED) is 0.876. The topological polar surface area (TPSA) is 46.2 Å². The molecule has 1 N–H and O–H groups in total. The Balaban J connectivity index is 1.77. The minimum atomic E-state index is -0.596. The van der Waals surface area contributed by atoms with Crippen LogP contribution in [0.1, 0.15) is 16.7 Å². The molecule has 0 spiro atoms. The van der Waals surface area contributed by atoms with Crippen LogP contribution in [0.15, 0.2) is 54.6 Å². The first-order valence-corrected chi connectivity index (χ1v) is 6.86. The average Bonchev–Trinajstić information content (AvgIpc) is 2.92. The van der Waals surface area contributed by atoms with Gasteiger partial charge in [-0.15, -0.1) is 0 Å². The molecule has 0 atom stereocenters. The van der Waals surface area contributed by atoms with E-state index in [0.717, 1.165) is 16.7 Å². The molecule has 3 heteroatoms. The third-order valence-electron chi connectivity index (χ3n) is 3.59. The predicted octanol–water partition coefficient (Wildman–Crippen LogP) is 3.14. The number of aryl methyl sites for hydroxylation is 1. The third kappa shape index (κ3) is 2.63. The van der Waals surface area contributed by atoms with E-state index < -0.39 is 11.7 Å². The Morgan fingerprint density at radius 3 is 2.48 bits per heavy atom. The number of fused-ring (bicyclic) bond motifs is 1. The highest BCUT2D eigenvalue weighted by molar-refractivity contribution is 6.56. The smallest absolute Gasteiger partial charge is 0.296 e. The van der Waals surface area contributed by atoms with Gasteiger partial charge < -0.3 is 5.32 Å². The molecule has 3 rings (SSSR count). The summed E-state index contributed by atoms with van der Waals surface area (Å²) in [6.45, 7) is 1.97. The molecule has 0 saturated carbocycles. The van der Waals surface area contributed by atoms with E-state index in [1.165, 1.54) is 0 Å². The molecule has 0 unspecified atom stereocenters. The fraction of sp³-hybridized carbons (Fsp3) is 0.111. The molecular weight excluding hydrogens is 262 g/mol. The lowest BCUT2D eigenvalue weighted by atomic mass is 10.0. The first-order chi connectivity index (χ1) is 10.1. The molecular formula is C18H15NO2. The number of rotatable bonds is 3. The molecule has 1 aliphatic rings. The van der Waals surface area contributed by atoms with Gasteiger partial charge in [-0.3, -0.25) is 9.59 Å². The number of amides is 1. The average molecular weight is 277 g/mol. The van der Waals surface area contributed by atoms with Gasteiger partial charge in [-0.05, 0) is 36.6 Å². The molecule has 0 aliphatic heterocycles. The molecule has 21 heavy (non-hydrogen) atoms. The molecule has 104 valence electrons. The van der Waals surface area contributed by atoms with Crippen LogP contribution in [0, 0.1) is 6.92 Å². The van der Waals surface area contributed by atoms with Gasteiger partial charge in [0.2, 0.25) is 0 Å². The number of hydrogen-bond donors (Lipinski definition) is 1. The Morgan fingerprint density at radius 1 is 1.00 bits per heavy atom. The van der Waals surface area contributed by atoms with E-state index in [-0.39, 0.29) is 0 Å². The van der Waals surface area contributed by atoms with Gasteiger partial charge in [-0.1, -0.05) is 48.0 Å². The van der Waals surface area contributed by atoms with E-state index in [1.807, 2.05) is 49.4 Å². The summed E-state index contributed by atoms with van der Waals surface area (Å²) in [5.41, 5.74) is 4.18. The highest BCUT2D eigenvalue weighted by atomic mass is 16.2. The summed E-state index contributed by atoms with van der Waals surface area (Å²) in [4.78, 5) is 24.4. The molecule has 0 heterocycles. The lowest BCUT2D eigenvalue weighted by molar-refractivity contribution is -0.131. The van der Waals surface area contributed by atoms with Gasteiger partial charge in [0.15, 0.2) is 0 Å². The van der Waals surface area contributed by atoms with E-state index in [2.05, 4.69) is 5.32 Å². The minimum absolute atomic E-state index is 0.486. The van der Waals surface area contributed by atoms with Crippen molar-refractivity contribution in [2.75, 3.05) is 5.32 Å². The van der Waals surface area contributed by atoms with Gasteiger partial charge in [0.05, 0.1) is 0 Å². The Bertz CT molecular complexity index is 742. The lowest BCUT2D eigenvalue weighted by Gasteiger charge is -2.07. The monoisotopic (exact) mass is 277 g/mol. The summed E-state index contributed by atoms with van der Waals surface area (Å²) in [7, 11) is 0. The maximum atomic E-state index is 12.3. The van der Waals surface area contributed by atoms with Crippen LogP contribution in [-0.4, -0.2) is 11.7 Å².